The van der Waals surface area contributed by atoms with E-state index < -0.39 is 17.9 Å². The Bertz CT molecular complexity index is 948. The van der Waals surface area contributed by atoms with E-state index in [-0.39, 0.29) is 30.2 Å². The van der Waals surface area contributed by atoms with E-state index >= 15 is 0 Å². The van der Waals surface area contributed by atoms with Gasteiger partial charge in [0.05, 0.1) is 18.1 Å². The van der Waals surface area contributed by atoms with Crippen LogP contribution >= 0.6 is 0 Å². The molecule has 3 rings (SSSR count). The van der Waals surface area contributed by atoms with Crippen LogP contribution < -0.4 is 5.73 Å². The second-order valence-corrected chi connectivity index (χ2v) is 6.48. The molecule has 6 heteroatoms. The third kappa shape index (κ3) is 4.48. The Labute approximate surface area is 169 Å². The Morgan fingerprint density at radius 3 is 2.14 bits per heavy atom. The fourth-order valence-corrected chi connectivity index (χ4v) is 3.23. The average Bonchev–Trinajstić information content (AvgIpc) is 2.73. The van der Waals surface area contributed by atoms with Gasteiger partial charge in [-0.3, -0.25) is 0 Å². The van der Waals surface area contributed by atoms with Gasteiger partial charge in [0.1, 0.15) is 17.9 Å². The second kappa shape index (κ2) is 9.10. The summed E-state index contributed by atoms with van der Waals surface area (Å²) in [6, 6.07) is 18.5. The molecule has 2 aromatic carbocycles. The number of hydrogen-bond acceptors (Lipinski definition) is 6. The Balaban J connectivity index is 1.97. The van der Waals surface area contributed by atoms with Gasteiger partial charge in [-0.2, -0.15) is 0 Å². The normalized spacial score (nSPS) is 16.3. The van der Waals surface area contributed by atoms with Crippen molar-refractivity contribution in [2.75, 3.05) is 6.61 Å². The zero-order chi connectivity index (χ0) is 20.8. The number of hydrogen-bond donors (Lipinski definition) is 1. The number of carbonyl (C=O) groups excluding carboxylic acids is 2. The van der Waals surface area contributed by atoms with Crippen LogP contribution in [0.3, 0.4) is 0 Å². The minimum atomic E-state index is -0.743. The summed E-state index contributed by atoms with van der Waals surface area (Å²) in [5.74, 6) is -1.72. The van der Waals surface area contributed by atoms with E-state index in [0.717, 1.165) is 5.56 Å². The standard InChI is InChI=1S/C23H23NO5/c1-3-27-23(26)20-19(17-12-8-5-9-13-17)18(15(2)29-21(20)24)22(25)28-14-16-10-6-4-7-11-16/h4-13,19H,3,14,24H2,1-2H3. The van der Waals surface area contributed by atoms with Gasteiger partial charge in [0, 0.05) is 0 Å². The van der Waals surface area contributed by atoms with Gasteiger partial charge in [-0.15, -0.1) is 0 Å². The van der Waals surface area contributed by atoms with E-state index in [1.54, 1.807) is 13.8 Å². The molecule has 0 aliphatic carbocycles. The molecule has 6 nitrogen and oxygen atoms in total. The van der Waals surface area contributed by atoms with Crippen LogP contribution in [-0.2, 0) is 30.4 Å². The summed E-state index contributed by atoms with van der Waals surface area (Å²) in [5.41, 5.74) is 7.92. The number of benzene rings is 2. The molecular weight excluding hydrogens is 370 g/mol. The fourth-order valence-electron chi connectivity index (χ4n) is 3.23. The third-order valence-corrected chi connectivity index (χ3v) is 4.55. The van der Waals surface area contributed by atoms with E-state index in [9.17, 15) is 9.59 Å². The number of carbonyl (C=O) groups is 2. The molecule has 150 valence electrons. The van der Waals surface area contributed by atoms with Crippen molar-refractivity contribution < 1.29 is 23.8 Å². The summed E-state index contributed by atoms with van der Waals surface area (Å²) < 4.78 is 16.2. The van der Waals surface area contributed by atoms with Gasteiger partial charge in [0.15, 0.2) is 0 Å². The summed E-state index contributed by atoms with van der Waals surface area (Å²) in [4.78, 5) is 25.7. The molecule has 0 aromatic heterocycles. The van der Waals surface area contributed by atoms with Gasteiger partial charge in [-0.05, 0) is 25.0 Å². The molecule has 29 heavy (non-hydrogen) atoms. The highest BCUT2D eigenvalue weighted by molar-refractivity contribution is 5.99. The average molecular weight is 393 g/mol. The van der Waals surface area contributed by atoms with Gasteiger partial charge in [0.2, 0.25) is 5.88 Å². The highest BCUT2D eigenvalue weighted by Gasteiger charge is 2.39. The lowest BCUT2D eigenvalue weighted by molar-refractivity contribution is -0.141. The third-order valence-electron chi connectivity index (χ3n) is 4.55. The topological polar surface area (TPSA) is 87.9 Å². The van der Waals surface area contributed by atoms with Gasteiger partial charge in [0.25, 0.3) is 0 Å². The number of ether oxygens (including phenoxy) is 3. The van der Waals surface area contributed by atoms with E-state index in [2.05, 4.69) is 0 Å². The molecule has 1 heterocycles. The van der Waals surface area contributed by atoms with Gasteiger partial charge >= 0.3 is 11.9 Å². The van der Waals surface area contributed by atoms with E-state index in [4.69, 9.17) is 19.9 Å². The van der Waals surface area contributed by atoms with E-state index in [0.29, 0.717) is 11.3 Å². The van der Waals surface area contributed by atoms with Crippen molar-refractivity contribution in [3.8, 4) is 0 Å². The van der Waals surface area contributed by atoms with Crippen LogP contribution in [0.2, 0.25) is 0 Å². The molecule has 0 amide bonds. The molecule has 2 aromatic rings. The van der Waals surface area contributed by atoms with Gasteiger partial charge in [-0.1, -0.05) is 60.7 Å². The van der Waals surface area contributed by atoms with Gasteiger partial charge < -0.3 is 19.9 Å². The molecule has 0 saturated heterocycles. The maximum Gasteiger partial charge on any atom is 0.340 e. The Kier molecular flexibility index (Phi) is 6.34. The lowest BCUT2D eigenvalue weighted by Crippen LogP contribution is -2.30. The predicted molar refractivity (Wildman–Crippen MR) is 107 cm³/mol. The first-order valence-electron chi connectivity index (χ1n) is 9.34. The summed E-state index contributed by atoms with van der Waals surface area (Å²) >= 11 is 0. The summed E-state index contributed by atoms with van der Waals surface area (Å²) in [6.07, 6.45) is 0. The van der Waals surface area contributed by atoms with Crippen molar-refractivity contribution in [2.45, 2.75) is 26.4 Å². The first-order chi connectivity index (χ1) is 14.0. The van der Waals surface area contributed by atoms with Crippen LogP contribution in [0.4, 0.5) is 0 Å². The molecular formula is C23H23NO5. The largest absolute Gasteiger partial charge is 0.462 e. The van der Waals surface area contributed by atoms with Crippen LogP contribution in [-0.4, -0.2) is 18.5 Å². The Hall–Kier alpha value is -3.54. The summed E-state index contributed by atoms with van der Waals surface area (Å²) in [6.45, 7) is 3.61. The number of nitrogens with two attached hydrogens (primary N) is 1. The van der Waals surface area contributed by atoms with E-state index in [1.807, 2.05) is 60.7 Å². The van der Waals surface area contributed by atoms with Crippen LogP contribution in [0.25, 0.3) is 0 Å². The minimum absolute atomic E-state index is 0.0746. The first-order valence-corrected chi connectivity index (χ1v) is 9.34. The van der Waals surface area contributed by atoms with E-state index in [1.165, 1.54) is 0 Å². The highest BCUT2D eigenvalue weighted by Crippen LogP contribution is 2.40. The SMILES string of the molecule is CCOC(=O)C1=C(N)OC(C)=C(C(=O)OCc2ccccc2)C1c1ccccc1. The Morgan fingerprint density at radius 2 is 1.52 bits per heavy atom. The summed E-state index contributed by atoms with van der Waals surface area (Å²) in [7, 11) is 0. The highest BCUT2D eigenvalue weighted by atomic mass is 16.5. The van der Waals surface area contributed by atoms with Crippen molar-refractivity contribution >= 4 is 11.9 Å². The van der Waals surface area contributed by atoms with Gasteiger partial charge in [-0.25, -0.2) is 9.59 Å². The van der Waals surface area contributed by atoms with Crippen LogP contribution in [0.15, 0.2) is 83.5 Å². The van der Waals surface area contributed by atoms with Crippen molar-refractivity contribution in [1.29, 1.82) is 0 Å². The lowest BCUT2D eigenvalue weighted by Gasteiger charge is -2.28. The number of rotatable bonds is 6. The zero-order valence-corrected chi connectivity index (χ0v) is 16.4. The molecule has 2 N–H and O–H groups in total. The van der Waals surface area contributed by atoms with Crippen molar-refractivity contribution in [3.05, 3.63) is 94.6 Å². The molecule has 0 bridgehead atoms. The molecule has 0 radical (unpaired) electrons. The predicted octanol–water partition coefficient (Wildman–Crippen LogP) is 3.55. The molecule has 1 aliphatic heterocycles. The fraction of sp³-hybridized carbons (Fsp3) is 0.217. The smallest absolute Gasteiger partial charge is 0.340 e. The molecule has 0 saturated carbocycles. The monoisotopic (exact) mass is 393 g/mol. The first kappa shape index (κ1) is 20.2. The molecule has 0 fully saturated rings. The van der Waals surface area contributed by atoms with Crippen molar-refractivity contribution in [3.63, 3.8) is 0 Å². The second-order valence-electron chi connectivity index (χ2n) is 6.48. The molecule has 1 aliphatic rings. The lowest BCUT2D eigenvalue weighted by atomic mass is 9.82. The number of allylic oxidation sites excluding steroid dienone is 1. The van der Waals surface area contributed by atoms with Crippen LogP contribution in [0.5, 0.6) is 0 Å². The van der Waals surface area contributed by atoms with Crippen LogP contribution in [0.1, 0.15) is 30.9 Å². The molecule has 0 spiro atoms. The minimum Gasteiger partial charge on any atom is -0.462 e. The maximum atomic E-state index is 13.0. The zero-order valence-electron chi connectivity index (χ0n) is 16.4. The summed E-state index contributed by atoms with van der Waals surface area (Å²) in [5, 5.41) is 0. The van der Waals surface area contributed by atoms with Crippen LogP contribution in [0, 0.1) is 0 Å². The molecule has 1 unspecified atom stereocenters. The molecule has 1 atom stereocenters. The Morgan fingerprint density at radius 1 is 0.931 bits per heavy atom. The van der Waals surface area contributed by atoms with Crippen molar-refractivity contribution in [1.82, 2.24) is 0 Å². The maximum absolute atomic E-state index is 13.0. The van der Waals surface area contributed by atoms with Crippen molar-refractivity contribution in [2.24, 2.45) is 5.73 Å². The quantitative estimate of drug-likeness (QED) is 0.755. The number of esters is 2.